The smallest absolute Gasteiger partial charge is 0.351 e. The maximum Gasteiger partial charge on any atom is 0.351 e. The van der Waals surface area contributed by atoms with Gasteiger partial charge in [0.15, 0.2) is 29.1 Å². The van der Waals surface area contributed by atoms with Crippen molar-refractivity contribution < 1.29 is 59.6 Å². The van der Waals surface area contributed by atoms with Crippen molar-refractivity contribution in [2.75, 3.05) is 0 Å². The molecule has 7 N–H and O–H groups in total. The van der Waals surface area contributed by atoms with Crippen molar-refractivity contribution in [3.05, 3.63) is 59.7 Å². The Bertz CT molecular complexity index is 1250. The maximum atomic E-state index is 12.4. The fourth-order valence-corrected chi connectivity index (χ4v) is 3.69. The number of carbonyl (C=O) groups excluding carboxylic acids is 2. The van der Waals surface area contributed by atoms with Crippen molar-refractivity contribution in [3.63, 3.8) is 0 Å². The van der Waals surface area contributed by atoms with E-state index in [1.165, 1.54) is 36.4 Å². The van der Waals surface area contributed by atoms with Gasteiger partial charge in [-0.25, -0.2) is 14.4 Å². The maximum absolute atomic E-state index is 12.4. The first-order chi connectivity index (χ1) is 17.4. The lowest BCUT2D eigenvalue weighted by molar-refractivity contribution is -0.224. The van der Waals surface area contributed by atoms with Gasteiger partial charge in [-0.15, -0.1) is 0 Å². The molecule has 1 aliphatic rings. The summed E-state index contributed by atoms with van der Waals surface area (Å²) in [5.74, 6) is -5.62. The van der Waals surface area contributed by atoms with Crippen LogP contribution in [-0.4, -0.2) is 77.6 Å². The number of carboxylic acid groups (broad SMARTS) is 1. The zero-order valence-electron chi connectivity index (χ0n) is 19.1. The average Bonchev–Trinajstić information content (AvgIpc) is 2.85. The van der Waals surface area contributed by atoms with Crippen molar-refractivity contribution in [1.82, 2.24) is 0 Å². The molecule has 0 bridgehead atoms. The van der Waals surface area contributed by atoms with E-state index in [0.717, 1.165) is 24.3 Å². The molecule has 12 heteroatoms. The SMILES string of the molecule is O=C(/C=C/c1ccc(O)c(O)c1)O[C@@H]1[C@@H](O)[C@@](OC(=O)/C=C/c2ccc(O)c(O)c2)(C(=O)O)CC[C@@H]1O. The normalized spacial score (nSPS) is 23.7. The summed E-state index contributed by atoms with van der Waals surface area (Å²) in [4.78, 5) is 36.8. The van der Waals surface area contributed by atoms with Gasteiger partial charge in [-0.3, -0.25) is 0 Å². The first-order valence-corrected chi connectivity index (χ1v) is 10.9. The number of phenols is 4. The van der Waals surface area contributed by atoms with Crippen LogP contribution in [0.25, 0.3) is 12.2 Å². The number of benzene rings is 2. The van der Waals surface area contributed by atoms with E-state index in [0.29, 0.717) is 5.56 Å². The van der Waals surface area contributed by atoms with Gasteiger partial charge in [0, 0.05) is 18.6 Å². The van der Waals surface area contributed by atoms with Crippen molar-refractivity contribution in [2.24, 2.45) is 0 Å². The Kier molecular flexibility index (Phi) is 8.05. The zero-order chi connectivity index (χ0) is 27.3. The number of aliphatic carboxylic acids is 1. The minimum Gasteiger partial charge on any atom is -0.504 e. The largest absolute Gasteiger partial charge is 0.504 e. The van der Waals surface area contributed by atoms with E-state index in [9.17, 15) is 50.1 Å². The molecule has 196 valence electrons. The summed E-state index contributed by atoms with van der Waals surface area (Å²) in [5, 5.41) is 68.5. The predicted octanol–water partition coefficient (Wildman–Crippen LogP) is 1.03. The second-order valence-corrected chi connectivity index (χ2v) is 8.23. The third-order valence-electron chi connectivity index (χ3n) is 5.70. The number of hydrogen-bond donors (Lipinski definition) is 7. The molecule has 12 nitrogen and oxygen atoms in total. The molecule has 0 unspecified atom stereocenters. The van der Waals surface area contributed by atoms with Crippen molar-refractivity contribution in [2.45, 2.75) is 36.8 Å². The highest BCUT2D eigenvalue weighted by molar-refractivity contribution is 5.91. The molecule has 2 aromatic rings. The monoisotopic (exact) mass is 516 g/mol. The van der Waals surface area contributed by atoms with Gasteiger partial charge in [0.25, 0.3) is 0 Å². The van der Waals surface area contributed by atoms with Crippen molar-refractivity contribution in [1.29, 1.82) is 0 Å². The molecule has 0 saturated heterocycles. The number of carbonyl (C=O) groups is 3. The van der Waals surface area contributed by atoms with Gasteiger partial charge in [-0.1, -0.05) is 12.1 Å². The molecule has 2 aromatic carbocycles. The molecular formula is C25H24O12. The topological polar surface area (TPSA) is 211 Å². The average molecular weight is 516 g/mol. The van der Waals surface area contributed by atoms with Crippen LogP contribution in [-0.2, 0) is 23.9 Å². The van der Waals surface area contributed by atoms with Gasteiger partial charge >= 0.3 is 17.9 Å². The number of aromatic hydroxyl groups is 4. The molecule has 1 saturated carbocycles. The Hall–Kier alpha value is -4.55. The van der Waals surface area contributed by atoms with E-state index >= 15 is 0 Å². The van der Waals surface area contributed by atoms with Crippen LogP contribution >= 0.6 is 0 Å². The highest BCUT2D eigenvalue weighted by Crippen LogP contribution is 2.35. The summed E-state index contributed by atoms with van der Waals surface area (Å²) < 4.78 is 10.2. The lowest BCUT2D eigenvalue weighted by atomic mass is 9.78. The summed E-state index contributed by atoms with van der Waals surface area (Å²) in [6, 6.07) is 7.39. The number of rotatable bonds is 7. The number of esters is 2. The Morgan fingerprint density at radius 1 is 0.811 bits per heavy atom. The quantitative estimate of drug-likeness (QED) is 0.156. The van der Waals surface area contributed by atoms with E-state index in [2.05, 4.69) is 0 Å². The van der Waals surface area contributed by atoms with Crippen molar-refractivity contribution >= 4 is 30.1 Å². The predicted molar refractivity (Wildman–Crippen MR) is 125 cm³/mol. The Labute approximate surface area is 209 Å². The molecule has 0 amide bonds. The lowest BCUT2D eigenvalue weighted by Crippen LogP contribution is -2.64. The number of aliphatic hydroxyl groups excluding tert-OH is 2. The molecule has 3 rings (SSSR count). The van der Waals surface area contributed by atoms with Gasteiger partial charge in [0.1, 0.15) is 6.10 Å². The third-order valence-corrected chi connectivity index (χ3v) is 5.70. The Balaban J connectivity index is 1.74. The van der Waals surface area contributed by atoms with Crippen LogP contribution < -0.4 is 0 Å². The van der Waals surface area contributed by atoms with Crippen LogP contribution in [0.15, 0.2) is 48.6 Å². The third kappa shape index (κ3) is 6.18. The van der Waals surface area contributed by atoms with Crippen LogP contribution in [0.5, 0.6) is 23.0 Å². The standard InChI is InChI=1S/C25H24O12/c26-15-5-1-13(11-18(15)29)3-7-20(31)36-22-17(28)9-10-25(23(22)33,24(34)35)37-21(32)8-4-14-2-6-16(27)19(30)12-14/h1-8,11-12,17,22-23,26-30,33H,9-10H2,(H,34,35)/b7-3+,8-4+/t17-,22-,23+,25+/m0/s1. The molecule has 4 atom stereocenters. The van der Waals surface area contributed by atoms with Crippen LogP contribution in [0.2, 0.25) is 0 Å². The number of aliphatic hydroxyl groups is 2. The minimum atomic E-state index is -2.55. The summed E-state index contributed by atoms with van der Waals surface area (Å²) >= 11 is 0. The highest BCUT2D eigenvalue weighted by Gasteiger charge is 2.58. The van der Waals surface area contributed by atoms with E-state index in [1.807, 2.05) is 0 Å². The van der Waals surface area contributed by atoms with Crippen LogP contribution in [0.1, 0.15) is 24.0 Å². The van der Waals surface area contributed by atoms with Crippen LogP contribution in [0.4, 0.5) is 0 Å². The second-order valence-electron chi connectivity index (χ2n) is 8.23. The van der Waals surface area contributed by atoms with Gasteiger partial charge < -0.3 is 45.2 Å². The van der Waals surface area contributed by atoms with Crippen molar-refractivity contribution in [3.8, 4) is 23.0 Å². The summed E-state index contributed by atoms with van der Waals surface area (Å²) in [7, 11) is 0. The van der Waals surface area contributed by atoms with Crippen LogP contribution in [0.3, 0.4) is 0 Å². The molecule has 37 heavy (non-hydrogen) atoms. The molecule has 1 fully saturated rings. The second kappa shape index (κ2) is 11.0. The van der Waals surface area contributed by atoms with E-state index in [1.54, 1.807) is 0 Å². The molecule has 0 heterocycles. The molecular weight excluding hydrogens is 492 g/mol. The molecule has 1 aliphatic carbocycles. The first-order valence-electron chi connectivity index (χ1n) is 10.9. The zero-order valence-corrected chi connectivity index (χ0v) is 19.1. The fraction of sp³-hybridized carbons (Fsp3) is 0.240. The van der Waals surface area contributed by atoms with Gasteiger partial charge in [0.2, 0.25) is 5.60 Å². The number of ether oxygens (including phenoxy) is 2. The summed E-state index contributed by atoms with van der Waals surface area (Å²) in [6.07, 6.45) is -2.04. The van der Waals surface area contributed by atoms with Gasteiger partial charge in [0.05, 0.1) is 6.10 Å². The highest BCUT2D eigenvalue weighted by atomic mass is 16.6. The van der Waals surface area contributed by atoms with Crippen LogP contribution in [0, 0.1) is 0 Å². The molecule has 0 spiro atoms. The van der Waals surface area contributed by atoms with E-state index < -0.39 is 59.7 Å². The summed E-state index contributed by atoms with van der Waals surface area (Å²) in [5.41, 5.74) is -1.97. The molecule has 0 aromatic heterocycles. The first kappa shape index (κ1) is 27.0. The lowest BCUT2D eigenvalue weighted by Gasteiger charge is -2.42. The Morgan fingerprint density at radius 3 is 1.81 bits per heavy atom. The fourth-order valence-electron chi connectivity index (χ4n) is 3.69. The minimum absolute atomic E-state index is 0.275. The molecule has 0 aliphatic heterocycles. The van der Waals surface area contributed by atoms with Gasteiger partial charge in [-0.2, -0.15) is 0 Å². The van der Waals surface area contributed by atoms with E-state index in [-0.39, 0.29) is 23.5 Å². The number of hydrogen-bond acceptors (Lipinski definition) is 11. The number of phenolic OH excluding ortho intramolecular Hbond substituents is 4. The van der Waals surface area contributed by atoms with E-state index in [4.69, 9.17) is 9.47 Å². The number of carboxylic acids is 1. The summed E-state index contributed by atoms with van der Waals surface area (Å²) in [6.45, 7) is 0. The Morgan fingerprint density at radius 2 is 1.32 bits per heavy atom. The molecule has 0 radical (unpaired) electrons. The van der Waals surface area contributed by atoms with Gasteiger partial charge in [-0.05, 0) is 54.0 Å².